The highest BCUT2D eigenvalue weighted by Gasteiger charge is 2.27. The van der Waals surface area contributed by atoms with Crippen LogP contribution in [0, 0.1) is 6.92 Å². The number of carbonyl (C=O) groups is 1. The van der Waals surface area contributed by atoms with Crippen molar-refractivity contribution in [2.45, 2.75) is 25.7 Å². The Morgan fingerprint density at radius 3 is 2.46 bits per heavy atom. The third-order valence-corrected chi connectivity index (χ3v) is 5.23. The van der Waals surface area contributed by atoms with Crippen LogP contribution in [0.5, 0.6) is 0 Å². The zero-order valence-electron chi connectivity index (χ0n) is 15.6. The van der Waals surface area contributed by atoms with E-state index in [0.29, 0.717) is 29.8 Å². The lowest BCUT2D eigenvalue weighted by atomic mass is 9.97. The fourth-order valence-electron chi connectivity index (χ4n) is 3.29. The molecular weight excluding hydrogens is 376 g/mol. The molecule has 0 saturated carbocycles. The highest BCUT2D eigenvalue weighted by Crippen LogP contribution is 2.29. The molecule has 7 heteroatoms. The molecule has 0 atom stereocenters. The Balaban J connectivity index is 1.34. The predicted octanol–water partition coefficient (Wildman–Crippen LogP) is 5.11. The number of amides is 2. The van der Waals surface area contributed by atoms with Gasteiger partial charge >= 0.3 is 6.03 Å². The van der Waals surface area contributed by atoms with Gasteiger partial charge in [0, 0.05) is 35.3 Å². The maximum atomic E-state index is 12.4. The van der Waals surface area contributed by atoms with E-state index in [2.05, 4.69) is 15.5 Å². The molecule has 1 aliphatic heterocycles. The Labute approximate surface area is 168 Å². The van der Waals surface area contributed by atoms with Crippen molar-refractivity contribution in [2.75, 3.05) is 18.4 Å². The largest absolute Gasteiger partial charge is 0.339 e. The van der Waals surface area contributed by atoms with Crippen molar-refractivity contribution < 1.29 is 9.32 Å². The molecule has 0 spiro atoms. The minimum atomic E-state index is -0.105. The van der Waals surface area contributed by atoms with Gasteiger partial charge in [-0.15, -0.1) is 0 Å². The van der Waals surface area contributed by atoms with Crippen LogP contribution in [0.2, 0.25) is 5.02 Å². The van der Waals surface area contributed by atoms with Crippen molar-refractivity contribution >= 4 is 23.3 Å². The smallest absolute Gasteiger partial charge is 0.321 e. The SMILES string of the molecule is Cc1ccc(-c2noc(C3CCN(C(=O)Nc4ccc(Cl)cc4)CC3)n2)cc1. The lowest BCUT2D eigenvalue weighted by Gasteiger charge is -2.30. The Morgan fingerprint density at radius 2 is 1.79 bits per heavy atom. The second-order valence-electron chi connectivity index (χ2n) is 7.02. The van der Waals surface area contributed by atoms with Crippen molar-refractivity contribution in [3.05, 3.63) is 65.0 Å². The zero-order chi connectivity index (χ0) is 19.5. The number of piperidine rings is 1. The predicted molar refractivity (Wildman–Crippen MR) is 108 cm³/mol. The second-order valence-corrected chi connectivity index (χ2v) is 7.46. The van der Waals surface area contributed by atoms with Gasteiger partial charge in [0.05, 0.1) is 0 Å². The van der Waals surface area contributed by atoms with Crippen LogP contribution >= 0.6 is 11.6 Å². The number of benzene rings is 2. The molecule has 1 N–H and O–H groups in total. The van der Waals surface area contributed by atoms with Gasteiger partial charge in [-0.2, -0.15) is 4.98 Å². The molecule has 144 valence electrons. The minimum Gasteiger partial charge on any atom is -0.339 e. The van der Waals surface area contributed by atoms with E-state index in [1.54, 1.807) is 24.3 Å². The fourth-order valence-corrected chi connectivity index (χ4v) is 3.41. The quantitative estimate of drug-likeness (QED) is 0.667. The number of carbonyl (C=O) groups excluding carboxylic acids is 1. The van der Waals surface area contributed by atoms with Crippen LogP contribution < -0.4 is 5.32 Å². The zero-order valence-corrected chi connectivity index (χ0v) is 16.3. The molecule has 0 bridgehead atoms. The first-order valence-electron chi connectivity index (χ1n) is 9.30. The Hall–Kier alpha value is -2.86. The summed E-state index contributed by atoms with van der Waals surface area (Å²) in [6, 6.07) is 15.0. The van der Waals surface area contributed by atoms with E-state index in [-0.39, 0.29) is 11.9 Å². The number of likely N-dealkylation sites (tertiary alicyclic amines) is 1. The summed E-state index contributed by atoms with van der Waals surface area (Å²) in [7, 11) is 0. The molecule has 2 heterocycles. The average Bonchev–Trinajstić information content (AvgIpc) is 3.20. The summed E-state index contributed by atoms with van der Waals surface area (Å²) in [4.78, 5) is 18.8. The highest BCUT2D eigenvalue weighted by atomic mass is 35.5. The fraction of sp³-hybridized carbons (Fsp3) is 0.286. The Kier molecular flexibility index (Phi) is 5.30. The van der Waals surface area contributed by atoms with Crippen LogP contribution in [0.15, 0.2) is 53.1 Å². The molecule has 0 unspecified atom stereocenters. The molecule has 1 fully saturated rings. The molecule has 3 aromatic rings. The number of hydrogen-bond donors (Lipinski definition) is 1. The molecule has 4 rings (SSSR count). The first-order valence-corrected chi connectivity index (χ1v) is 9.68. The van der Waals surface area contributed by atoms with E-state index in [1.165, 1.54) is 5.56 Å². The maximum Gasteiger partial charge on any atom is 0.321 e. The van der Waals surface area contributed by atoms with Gasteiger partial charge in [0.15, 0.2) is 0 Å². The van der Waals surface area contributed by atoms with Crippen LogP contribution in [-0.2, 0) is 0 Å². The molecule has 0 radical (unpaired) electrons. The summed E-state index contributed by atoms with van der Waals surface area (Å²) >= 11 is 5.88. The van der Waals surface area contributed by atoms with Gasteiger partial charge < -0.3 is 14.7 Å². The molecule has 1 aromatic heterocycles. The van der Waals surface area contributed by atoms with Crippen LogP contribution in [0.3, 0.4) is 0 Å². The van der Waals surface area contributed by atoms with Gasteiger partial charge in [-0.25, -0.2) is 4.79 Å². The van der Waals surface area contributed by atoms with E-state index < -0.39 is 0 Å². The van der Waals surface area contributed by atoms with Crippen molar-refractivity contribution in [1.29, 1.82) is 0 Å². The number of anilines is 1. The highest BCUT2D eigenvalue weighted by molar-refractivity contribution is 6.30. The molecule has 2 amide bonds. The van der Waals surface area contributed by atoms with Crippen LogP contribution in [0.4, 0.5) is 10.5 Å². The van der Waals surface area contributed by atoms with Crippen LogP contribution in [0.1, 0.15) is 30.2 Å². The van der Waals surface area contributed by atoms with Gasteiger partial charge in [0.2, 0.25) is 11.7 Å². The lowest BCUT2D eigenvalue weighted by Crippen LogP contribution is -2.40. The third kappa shape index (κ3) is 4.17. The second kappa shape index (κ2) is 8.02. The Morgan fingerprint density at radius 1 is 1.11 bits per heavy atom. The van der Waals surface area contributed by atoms with Crippen molar-refractivity contribution in [3.63, 3.8) is 0 Å². The number of nitrogens with one attached hydrogen (secondary N) is 1. The first kappa shape index (κ1) is 18.5. The van der Waals surface area contributed by atoms with Gasteiger partial charge in [0.1, 0.15) is 0 Å². The minimum absolute atomic E-state index is 0.105. The van der Waals surface area contributed by atoms with E-state index >= 15 is 0 Å². The lowest BCUT2D eigenvalue weighted by molar-refractivity contribution is 0.187. The number of rotatable bonds is 3. The number of hydrogen-bond acceptors (Lipinski definition) is 4. The maximum absolute atomic E-state index is 12.4. The van der Waals surface area contributed by atoms with E-state index in [9.17, 15) is 4.79 Å². The molecule has 28 heavy (non-hydrogen) atoms. The van der Waals surface area contributed by atoms with Crippen molar-refractivity contribution in [2.24, 2.45) is 0 Å². The summed E-state index contributed by atoms with van der Waals surface area (Å²) in [6.07, 6.45) is 1.59. The molecule has 6 nitrogen and oxygen atoms in total. The number of urea groups is 1. The summed E-state index contributed by atoms with van der Waals surface area (Å²) in [5.74, 6) is 1.43. The summed E-state index contributed by atoms with van der Waals surface area (Å²) in [5, 5.41) is 7.66. The van der Waals surface area contributed by atoms with Gasteiger partial charge in [-0.3, -0.25) is 0 Å². The summed E-state index contributed by atoms with van der Waals surface area (Å²) in [5.41, 5.74) is 2.87. The molecule has 1 aliphatic rings. The number of aromatic nitrogens is 2. The van der Waals surface area contributed by atoms with Gasteiger partial charge in [-0.05, 0) is 44.0 Å². The van der Waals surface area contributed by atoms with E-state index in [0.717, 1.165) is 24.1 Å². The third-order valence-electron chi connectivity index (χ3n) is 4.98. The summed E-state index contributed by atoms with van der Waals surface area (Å²) < 4.78 is 5.50. The number of aryl methyl sites for hydroxylation is 1. The molecular formula is C21H21ClN4O2. The summed E-state index contributed by atoms with van der Waals surface area (Å²) in [6.45, 7) is 3.33. The van der Waals surface area contributed by atoms with Crippen molar-refractivity contribution in [1.82, 2.24) is 15.0 Å². The normalized spacial score (nSPS) is 14.9. The Bertz CT molecular complexity index is 945. The average molecular weight is 397 g/mol. The van der Waals surface area contributed by atoms with E-state index in [4.69, 9.17) is 16.1 Å². The number of halogens is 1. The van der Waals surface area contributed by atoms with Crippen LogP contribution in [0.25, 0.3) is 11.4 Å². The topological polar surface area (TPSA) is 71.3 Å². The monoisotopic (exact) mass is 396 g/mol. The van der Waals surface area contributed by atoms with Gasteiger partial charge in [-0.1, -0.05) is 46.6 Å². The standard InChI is InChI=1S/C21H21ClN4O2/c1-14-2-4-15(5-3-14)19-24-20(28-25-19)16-10-12-26(13-11-16)21(27)23-18-8-6-17(22)7-9-18/h2-9,16H,10-13H2,1H3,(H,23,27). The molecule has 1 saturated heterocycles. The number of nitrogens with zero attached hydrogens (tertiary/aromatic N) is 3. The van der Waals surface area contributed by atoms with Gasteiger partial charge in [0.25, 0.3) is 0 Å². The van der Waals surface area contributed by atoms with Crippen LogP contribution in [-0.4, -0.2) is 34.2 Å². The molecule has 2 aromatic carbocycles. The molecule has 0 aliphatic carbocycles. The van der Waals surface area contributed by atoms with Crippen molar-refractivity contribution in [3.8, 4) is 11.4 Å². The first-order chi connectivity index (χ1) is 13.6. The van der Waals surface area contributed by atoms with E-state index in [1.807, 2.05) is 36.1 Å².